The molecule has 2 aromatic rings. The quantitative estimate of drug-likeness (QED) is 0.477. The molecule has 0 aliphatic heterocycles. The Hall–Kier alpha value is -2.91. The number of Topliss-reactive ketones (excluding diaryl/α,β-unsaturated/α-hetero) is 1. The van der Waals surface area contributed by atoms with Crippen molar-refractivity contribution in [2.45, 2.75) is 17.9 Å². The highest BCUT2D eigenvalue weighted by molar-refractivity contribution is 7.89. The summed E-state index contributed by atoms with van der Waals surface area (Å²) in [5.41, 5.74) is 0.345. The van der Waals surface area contributed by atoms with Crippen LogP contribution < -0.4 is 9.47 Å². The van der Waals surface area contributed by atoms with Gasteiger partial charge in [-0.1, -0.05) is 0 Å². The Kier molecular flexibility index (Phi) is 6.99. The van der Waals surface area contributed by atoms with Gasteiger partial charge < -0.3 is 14.2 Å². The van der Waals surface area contributed by atoms with Gasteiger partial charge in [0.25, 0.3) is 0 Å². The summed E-state index contributed by atoms with van der Waals surface area (Å²) in [7, 11) is 1.74. The van der Waals surface area contributed by atoms with Crippen LogP contribution in [0.1, 0.15) is 27.6 Å². The lowest BCUT2D eigenvalue weighted by molar-refractivity contribution is 0.0318. The third-order valence-electron chi connectivity index (χ3n) is 4.19. The Bertz CT molecular complexity index is 998. The van der Waals surface area contributed by atoms with Crippen molar-refractivity contribution < 1.29 is 32.2 Å². The first kappa shape index (κ1) is 22.4. The molecule has 0 fully saturated rings. The topological polar surface area (TPSA) is 99.2 Å². The molecule has 29 heavy (non-hydrogen) atoms. The van der Waals surface area contributed by atoms with Gasteiger partial charge in [0.05, 0.1) is 19.8 Å². The van der Waals surface area contributed by atoms with Gasteiger partial charge in [0.2, 0.25) is 15.8 Å². The molecule has 0 radical (unpaired) electrons. The molecule has 0 bridgehead atoms. The van der Waals surface area contributed by atoms with Crippen LogP contribution in [0.25, 0.3) is 0 Å². The summed E-state index contributed by atoms with van der Waals surface area (Å²) >= 11 is 0. The maximum absolute atomic E-state index is 12.5. The first-order chi connectivity index (χ1) is 13.6. The van der Waals surface area contributed by atoms with Gasteiger partial charge in [-0.2, -0.15) is 0 Å². The highest BCUT2D eigenvalue weighted by Gasteiger charge is 2.26. The minimum absolute atomic E-state index is 0.0133. The number of sulfonamides is 1. The van der Waals surface area contributed by atoms with Gasteiger partial charge in [-0.25, -0.2) is 17.5 Å². The Morgan fingerprint density at radius 3 is 2.03 bits per heavy atom. The second-order valence-electron chi connectivity index (χ2n) is 6.29. The predicted octanol–water partition coefficient (Wildman–Crippen LogP) is 2.38. The molecule has 9 heteroatoms. The van der Waals surface area contributed by atoms with Crippen molar-refractivity contribution in [2.75, 3.05) is 28.3 Å². The zero-order valence-corrected chi connectivity index (χ0v) is 17.6. The Morgan fingerprint density at radius 1 is 0.931 bits per heavy atom. The largest absolute Gasteiger partial charge is 0.497 e. The number of carbonyl (C=O) groups is 2. The molecular weight excluding hydrogens is 398 g/mol. The standard InChI is InChI=1S/C20H23NO7S/c1-13(19(22)14-6-9-16(26-4)10-7-14)28-20(23)15-8-11-17(27-5)18(12-15)29(24,25)21(2)3/h6-13H,1-5H3/t13-/m0/s1. The average Bonchev–Trinajstić information content (AvgIpc) is 2.72. The zero-order chi connectivity index (χ0) is 21.8. The minimum atomic E-state index is -3.85. The minimum Gasteiger partial charge on any atom is -0.497 e. The summed E-state index contributed by atoms with van der Waals surface area (Å²) in [5.74, 6) is -0.524. The molecule has 8 nitrogen and oxygen atoms in total. The Labute approximate surface area is 170 Å². The van der Waals surface area contributed by atoms with E-state index in [1.54, 1.807) is 24.3 Å². The van der Waals surface area contributed by atoms with Crippen LogP contribution in [0.2, 0.25) is 0 Å². The van der Waals surface area contributed by atoms with Crippen LogP contribution in [0.15, 0.2) is 47.4 Å². The van der Waals surface area contributed by atoms with Gasteiger partial charge in [0.15, 0.2) is 6.10 Å². The van der Waals surface area contributed by atoms with Crippen LogP contribution in [-0.2, 0) is 14.8 Å². The third kappa shape index (κ3) is 4.93. The van der Waals surface area contributed by atoms with E-state index in [0.29, 0.717) is 11.3 Å². The number of esters is 1. The molecule has 0 aliphatic carbocycles. The van der Waals surface area contributed by atoms with Crippen LogP contribution in [0.3, 0.4) is 0 Å². The third-order valence-corrected chi connectivity index (χ3v) is 6.02. The summed E-state index contributed by atoms with van der Waals surface area (Å²) in [4.78, 5) is 24.8. The molecule has 0 unspecified atom stereocenters. The molecule has 0 amide bonds. The van der Waals surface area contributed by atoms with Crippen LogP contribution in [0.4, 0.5) is 0 Å². The highest BCUT2D eigenvalue weighted by Crippen LogP contribution is 2.27. The maximum Gasteiger partial charge on any atom is 0.338 e. The molecular formula is C20H23NO7S. The van der Waals surface area contributed by atoms with Gasteiger partial charge in [-0.05, 0) is 49.4 Å². The fourth-order valence-corrected chi connectivity index (χ4v) is 3.55. The number of benzene rings is 2. The molecule has 0 aromatic heterocycles. The number of hydrogen-bond donors (Lipinski definition) is 0. The number of ketones is 1. The van der Waals surface area contributed by atoms with E-state index in [0.717, 1.165) is 4.31 Å². The molecule has 2 aromatic carbocycles. The van der Waals surface area contributed by atoms with E-state index >= 15 is 0 Å². The maximum atomic E-state index is 12.5. The number of nitrogens with zero attached hydrogens (tertiary/aromatic N) is 1. The fraction of sp³-hybridized carbons (Fsp3) is 0.300. The average molecular weight is 421 g/mol. The summed E-state index contributed by atoms with van der Waals surface area (Å²) in [5, 5.41) is 0. The molecule has 0 spiro atoms. The normalized spacial score (nSPS) is 12.3. The van der Waals surface area contributed by atoms with Gasteiger partial charge in [0, 0.05) is 19.7 Å². The summed E-state index contributed by atoms with van der Waals surface area (Å²) in [6, 6.07) is 10.3. The lowest BCUT2D eigenvalue weighted by atomic mass is 10.1. The fourth-order valence-electron chi connectivity index (χ4n) is 2.47. The van der Waals surface area contributed by atoms with Crippen molar-refractivity contribution in [3.05, 3.63) is 53.6 Å². The first-order valence-electron chi connectivity index (χ1n) is 8.61. The number of rotatable bonds is 8. The number of carbonyl (C=O) groups excluding carboxylic acids is 2. The lowest BCUT2D eigenvalue weighted by Crippen LogP contribution is -2.25. The number of methoxy groups -OCH3 is 2. The predicted molar refractivity (Wildman–Crippen MR) is 106 cm³/mol. The van der Waals surface area contributed by atoms with Gasteiger partial charge >= 0.3 is 5.97 Å². The van der Waals surface area contributed by atoms with E-state index < -0.39 is 27.9 Å². The number of hydrogen-bond acceptors (Lipinski definition) is 7. The van der Waals surface area contributed by atoms with Crippen molar-refractivity contribution in [3.63, 3.8) is 0 Å². The van der Waals surface area contributed by atoms with Crippen LogP contribution in [-0.4, -0.2) is 58.9 Å². The smallest absolute Gasteiger partial charge is 0.338 e. The molecule has 1 atom stereocenters. The van der Waals surface area contributed by atoms with Crippen molar-refractivity contribution in [2.24, 2.45) is 0 Å². The van der Waals surface area contributed by atoms with Crippen LogP contribution in [0.5, 0.6) is 11.5 Å². The van der Waals surface area contributed by atoms with E-state index in [1.807, 2.05) is 0 Å². The van der Waals surface area contributed by atoms with E-state index in [2.05, 4.69) is 0 Å². The molecule has 0 saturated heterocycles. The molecule has 0 N–H and O–H groups in total. The lowest BCUT2D eigenvalue weighted by Gasteiger charge is -2.16. The first-order valence-corrected chi connectivity index (χ1v) is 10.1. The zero-order valence-electron chi connectivity index (χ0n) is 16.8. The molecule has 0 heterocycles. The molecule has 0 saturated carbocycles. The van der Waals surface area contributed by atoms with Gasteiger partial charge in [-0.3, -0.25) is 4.79 Å². The van der Waals surface area contributed by atoms with E-state index in [-0.39, 0.29) is 16.2 Å². The van der Waals surface area contributed by atoms with E-state index in [4.69, 9.17) is 14.2 Å². The van der Waals surface area contributed by atoms with Crippen molar-refractivity contribution in [3.8, 4) is 11.5 Å². The van der Waals surface area contributed by atoms with Crippen molar-refractivity contribution >= 4 is 21.8 Å². The SMILES string of the molecule is COc1ccc(C(=O)[C@H](C)OC(=O)c2ccc(OC)c(S(=O)(=O)N(C)C)c2)cc1. The molecule has 0 aliphatic rings. The van der Waals surface area contributed by atoms with Crippen molar-refractivity contribution in [1.29, 1.82) is 0 Å². The van der Waals surface area contributed by atoms with Gasteiger partial charge in [0.1, 0.15) is 16.4 Å². The van der Waals surface area contributed by atoms with Gasteiger partial charge in [-0.15, -0.1) is 0 Å². The Morgan fingerprint density at radius 2 is 1.52 bits per heavy atom. The molecule has 2 rings (SSSR count). The van der Waals surface area contributed by atoms with Crippen LogP contribution in [0, 0.1) is 0 Å². The van der Waals surface area contributed by atoms with E-state index in [1.165, 1.54) is 53.4 Å². The van der Waals surface area contributed by atoms with Crippen LogP contribution >= 0.6 is 0 Å². The van der Waals surface area contributed by atoms with Crippen molar-refractivity contribution in [1.82, 2.24) is 4.31 Å². The summed E-state index contributed by atoms with van der Waals surface area (Å²) in [6.45, 7) is 1.45. The summed E-state index contributed by atoms with van der Waals surface area (Å²) in [6.07, 6.45) is -1.06. The second kappa shape index (κ2) is 9.06. The van der Waals surface area contributed by atoms with E-state index in [9.17, 15) is 18.0 Å². The molecule has 156 valence electrons. The second-order valence-corrected chi connectivity index (χ2v) is 8.41. The number of ether oxygens (including phenoxy) is 3. The summed E-state index contributed by atoms with van der Waals surface area (Å²) < 4.78 is 41.4. The Balaban J connectivity index is 2.24. The monoisotopic (exact) mass is 421 g/mol. The highest BCUT2D eigenvalue weighted by atomic mass is 32.2.